The van der Waals surface area contributed by atoms with Crippen molar-refractivity contribution in [3.8, 4) is 0 Å². The van der Waals surface area contributed by atoms with E-state index in [1.165, 1.54) is 12.3 Å². The van der Waals surface area contributed by atoms with E-state index in [1.807, 2.05) is 0 Å². The molecule has 0 unspecified atom stereocenters. The molecule has 0 spiro atoms. The molecule has 2 rings (SSSR count). The van der Waals surface area contributed by atoms with Crippen LogP contribution in [0.5, 0.6) is 0 Å². The number of carbonyl (C=O) groups is 1. The number of likely N-dealkylation sites (tertiary alicyclic amines) is 1. The molecule has 0 aromatic carbocycles. The summed E-state index contributed by atoms with van der Waals surface area (Å²) in [7, 11) is -3.77. The zero-order chi connectivity index (χ0) is 14.3. The first-order chi connectivity index (χ1) is 8.69. The molecular formula is C12H19N3O3S. The Balaban J connectivity index is 2.11. The van der Waals surface area contributed by atoms with Crippen molar-refractivity contribution in [2.45, 2.75) is 31.6 Å². The largest absolute Gasteiger partial charge is 0.356 e. The molecule has 106 valence electrons. The summed E-state index contributed by atoms with van der Waals surface area (Å²) in [5, 5.41) is 5.01. The Morgan fingerprint density at radius 1 is 1.37 bits per heavy atom. The quantitative estimate of drug-likeness (QED) is 0.845. The maximum atomic E-state index is 12.2. The molecule has 0 saturated carbocycles. The Bertz CT molecular complexity index is 579. The Morgan fingerprint density at radius 3 is 2.42 bits per heavy atom. The fourth-order valence-electron chi connectivity index (χ4n) is 2.15. The average Bonchev–Trinajstić information content (AvgIpc) is 2.77. The van der Waals surface area contributed by atoms with Crippen LogP contribution in [0, 0.1) is 5.41 Å². The third-order valence-corrected chi connectivity index (χ3v) is 4.51. The maximum Gasteiger partial charge on any atom is 0.270 e. The van der Waals surface area contributed by atoms with Crippen LogP contribution in [0.4, 0.5) is 0 Å². The van der Waals surface area contributed by atoms with Crippen LogP contribution in [0.2, 0.25) is 0 Å². The number of sulfonamides is 1. The molecule has 0 atom stereocenters. The summed E-state index contributed by atoms with van der Waals surface area (Å²) in [4.78, 5) is 16.6. The Hall–Kier alpha value is -1.34. The fraction of sp³-hybridized carbons (Fsp3) is 0.583. The maximum absolute atomic E-state index is 12.2. The van der Waals surface area contributed by atoms with Crippen molar-refractivity contribution < 1.29 is 13.2 Å². The molecular weight excluding hydrogens is 266 g/mol. The number of nitrogens with two attached hydrogens (primary N) is 1. The Morgan fingerprint density at radius 2 is 1.95 bits per heavy atom. The van der Waals surface area contributed by atoms with Gasteiger partial charge < -0.3 is 9.88 Å². The van der Waals surface area contributed by atoms with Crippen LogP contribution >= 0.6 is 0 Å². The number of hydrogen-bond donors (Lipinski definition) is 2. The molecule has 1 aromatic rings. The molecule has 3 N–H and O–H groups in total. The molecule has 0 aliphatic carbocycles. The first-order valence-corrected chi connectivity index (χ1v) is 7.74. The van der Waals surface area contributed by atoms with E-state index in [2.05, 4.69) is 18.8 Å². The number of primary sulfonamides is 1. The zero-order valence-corrected chi connectivity index (χ0v) is 12.0. The van der Waals surface area contributed by atoms with E-state index in [-0.39, 0.29) is 21.9 Å². The molecule has 1 aliphatic heterocycles. The molecule has 1 amide bonds. The predicted octanol–water partition coefficient (Wildman–Crippen LogP) is 0.924. The Labute approximate surface area is 113 Å². The molecule has 6 nitrogen and oxygen atoms in total. The standard InChI is InChI=1S/C12H19N3O3S/c1-12(2)3-5-15(6-4-12)11(16)10-7-9(8-14-10)19(13,17)18/h7-8,14H,3-6H2,1-2H3,(H2,13,17,18). The van der Waals surface area contributed by atoms with Gasteiger partial charge in [0.1, 0.15) is 5.69 Å². The van der Waals surface area contributed by atoms with Gasteiger partial charge in [0, 0.05) is 19.3 Å². The van der Waals surface area contributed by atoms with Crippen LogP contribution in [-0.4, -0.2) is 37.3 Å². The van der Waals surface area contributed by atoms with Crippen LogP contribution in [0.25, 0.3) is 0 Å². The summed E-state index contributed by atoms with van der Waals surface area (Å²) in [6.45, 7) is 5.75. The first kappa shape index (κ1) is 14.1. The molecule has 1 aromatic heterocycles. The molecule has 1 fully saturated rings. The van der Waals surface area contributed by atoms with E-state index in [4.69, 9.17) is 5.14 Å². The van der Waals surface area contributed by atoms with Gasteiger partial charge in [0.05, 0.1) is 4.90 Å². The third kappa shape index (κ3) is 3.16. The lowest BCUT2D eigenvalue weighted by atomic mass is 9.82. The minimum absolute atomic E-state index is 0.0619. The number of hydrogen-bond acceptors (Lipinski definition) is 3. The number of amides is 1. The zero-order valence-electron chi connectivity index (χ0n) is 11.1. The van der Waals surface area contributed by atoms with Gasteiger partial charge >= 0.3 is 0 Å². The van der Waals surface area contributed by atoms with E-state index in [9.17, 15) is 13.2 Å². The Kier molecular flexibility index (Phi) is 3.44. The molecule has 0 radical (unpaired) electrons. The van der Waals surface area contributed by atoms with Crippen molar-refractivity contribution in [3.63, 3.8) is 0 Å². The normalized spacial score (nSPS) is 19.4. The lowest BCUT2D eigenvalue weighted by Gasteiger charge is -2.36. The number of nitrogens with one attached hydrogen (secondary N) is 1. The number of H-pyrrole nitrogens is 1. The monoisotopic (exact) mass is 285 g/mol. The van der Waals surface area contributed by atoms with Gasteiger partial charge in [-0.05, 0) is 24.3 Å². The summed E-state index contributed by atoms with van der Waals surface area (Å²) in [6.07, 6.45) is 3.14. The van der Waals surface area contributed by atoms with Crippen molar-refractivity contribution in [3.05, 3.63) is 18.0 Å². The smallest absolute Gasteiger partial charge is 0.270 e. The van der Waals surface area contributed by atoms with Gasteiger partial charge in [0.2, 0.25) is 10.0 Å². The van der Waals surface area contributed by atoms with Crippen molar-refractivity contribution in [2.24, 2.45) is 10.6 Å². The summed E-state index contributed by atoms with van der Waals surface area (Å²) in [5.74, 6) is -0.176. The van der Waals surface area contributed by atoms with Crippen LogP contribution in [-0.2, 0) is 10.0 Å². The highest BCUT2D eigenvalue weighted by Crippen LogP contribution is 2.30. The third-order valence-electron chi connectivity index (χ3n) is 3.62. The van der Waals surface area contributed by atoms with Crippen LogP contribution < -0.4 is 5.14 Å². The van der Waals surface area contributed by atoms with Crippen molar-refractivity contribution in [1.82, 2.24) is 9.88 Å². The number of aromatic amines is 1. The number of nitrogens with zero attached hydrogens (tertiary/aromatic N) is 1. The van der Waals surface area contributed by atoms with Crippen LogP contribution in [0.15, 0.2) is 17.2 Å². The van der Waals surface area contributed by atoms with Crippen LogP contribution in [0.1, 0.15) is 37.2 Å². The predicted molar refractivity (Wildman–Crippen MR) is 71.1 cm³/mol. The minimum Gasteiger partial charge on any atom is -0.356 e. The summed E-state index contributed by atoms with van der Waals surface area (Å²) >= 11 is 0. The van der Waals surface area contributed by atoms with Crippen molar-refractivity contribution in [1.29, 1.82) is 0 Å². The van der Waals surface area contributed by atoms with Gasteiger partial charge in [0.25, 0.3) is 5.91 Å². The van der Waals surface area contributed by atoms with Gasteiger partial charge in [-0.15, -0.1) is 0 Å². The van der Waals surface area contributed by atoms with Crippen LogP contribution in [0.3, 0.4) is 0 Å². The highest BCUT2D eigenvalue weighted by Gasteiger charge is 2.29. The van der Waals surface area contributed by atoms with Gasteiger partial charge in [-0.3, -0.25) is 4.79 Å². The van der Waals surface area contributed by atoms with E-state index in [0.29, 0.717) is 13.1 Å². The highest BCUT2D eigenvalue weighted by atomic mass is 32.2. The summed E-state index contributed by atoms with van der Waals surface area (Å²) < 4.78 is 22.3. The van der Waals surface area contributed by atoms with E-state index in [1.54, 1.807) is 4.90 Å². The number of rotatable bonds is 2. The minimum atomic E-state index is -3.77. The van der Waals surface area contributed by atoms with Gasteiger partial charge in [0.15, 0.2) is 0 Å². The number of piperidine rings is 1. The van der Waals surface area contributed by atoms with Crippen molar-refractivity contribution in [2.75, 3.05) is 13.1 Å². The van der Waals surface area contributed by atoms with E-state index >= 15 is 0 Å². The fourth-order valence-corrected chi connectivity index (χ4v) is 2.65. The summed E-state index contributed by atoms with van der Waals surface area (Å²) in [5.41, 5.74) is 0.530. The van der Waals surface area contributed by atoms with E-state index in [0.717, 1.165) is 12.8 Å². The molecule has 1 saturated heterocycles. The number of aromatic nitrogens is 1. The highest BCUT2D eigenvalue weighted by molar-refractivity contribution is 7.89. The SMILES string of the molecule is CC1(C)CCN(C(=O)c2cc(S(N)(=O)=O)c[nH]2)CC1. The van der Waals surface area contributed by atoms with Crippen molar-refractivity contribution >= 4 is 15.9 Å². The lowest BCUT2D eigenvalue weighted by molar-refractivity contribution is 0.0625. The van der Waals surface area contributed by atoms with E-state index < -0.39 is 10.0 Å². The molecule has 7 heteroatoms. The molecule has 1 aliphatic rings. The van der Waals surface area contributed by atoms with Gasteiger partial charge in [-0.25, -0.2) is 13.6 Å². The molecule has 0 bridgehead atoms. The second-order valence-corrected chi connectivity index (χ2v) is 7.31. The lowest BCUT2D eigenvalue weighted by Crippen LogP contribution is -2.41. The topological polar surface area (TPSA) is 96.3 Å². The molecule has 19 heavy (non-hydrogen) atoms. The molecule has 2 heterocycles. The summed E-state index contributed by atoms with van der Waals surface area (Å²) in [6, 6.07) is 1.29. The number of carbonyl (C=O) groups excluding carboxylic acids is 1. The second-order valence-electron chi connectivity index (χ2n) is 5.75. The average molecular weight is 285 g/mol. The van der Waals surface area contributed by atoms with Gasteiger partial charge in [-0.1, -0.05) is 13.8 Å². The first-order valence-electron chi connectivity index (χ1n) is 6.20. The second kappa shape index (κ2) is 4.64. The van der Waals surface area contributed by atoms with Gasteiger partial charge in [-0.2, -0.15) is 0 Å².